The second-order valence-electron chi connectivity index (χ2n) is 5.92. The third-order valence-electron chi connectivity index (χ3n) is 4.07. The quantitative estimate of drug-likeness (QED) is 0.721. The zero-order valence-electron chi connectivity index (χ0n) is 13.9. The highest BCUT2D eigenvalue weighted by Gasteiger charge is 2.28. The van der Waals surface area contributed by atoms with Crippen molar-refractivity contribution in [2.45, 2.75) is 24.3 Å². The first-order valence-electron chi connectivity index (χ1n) is 8.13. The average molecular weight is 397 g/mol. The Morgan fingerprint density at radius 1 is 1.12 bits per heavy atom. The summed E-state index contributed by atoms with van der Waals surface area (Å²) in [5.41, 5.74) is 1.76. The van der Waals surface area contributed by atoms with E-state index in [4.69, 9.17) is 16.4 Å². The molecule has 0 bridgehead atoms. The molecule has 0 N–H and O–H groups in total. The van der Waals surface area contributed by atoms with E-state index in [0.717, 1.165) is 17.3 Å². The largest absolute Gasteiger partial charge is 0.391 e. The fourth-order valence-electron chi connectivity index (χ4n) is 2.63. The van der Waals surface area contributed by atoms with Gasteiger partial charge in [0.25, 0.3) is 0 Å². The third kappa shape index (κ3) is 4.60. The first-order chi connectivity index (χ1) is 12.4. The van der Waals surface area contributed by atoms with E-state index >= 15 is 0 Å². The van der Waals surface area contributed by atoms with Gasteiger partial charge in [0.05, 0.1) is 10.6 Å². The number of hydrogen-bond donors (Lipinski definition) is 0. The second-order valence-corrected chi connectivity index (χ2v) is 8.29. The van der Waals surface area contributed by atoms with E-state index in [0.29, 0.717) is 37.6 Å². The Labute approximate surface area is 157 Å². The standard InChI is InChI=1S/C18H18ClFN2O3S/c19-15-6-4-14(5-7-15)13-25-21-17-8-10-22(11-9-17)26(23,24)18-3-1-2-16(20)12-18/h1-7,12H,8-11,13H2. The minimum absolute atomic E-state index is 0.0307. The highest BCUT2D eigenvalue weighted by molar-refractivity contribution is 7.89. The predicted molar refractivity (Wildman–Crippen MR) is 98.1 cm³/mol. The number of halogens is 2. The van der Waals surface area contributed by atoms with Crippen LogP contribution >= 0.6 is 11.6 Å². The van der Waals surface area contributed by atoms with Crippen LogP contribution in [0.4, 0.5) is 4.39 Å². The Bertz CT molecular complexity index is 891. The van der Waals surface area contributed by atoms with E-state index in [1.54, 1.807) is 12.1 Å². The first kappa shape index (κ1) is 18.8. The average Bonchev–Trinajstić information content (AvgIpc) is 2.64. The molecule has 138 valence electrons. The maximum atomic E-state index is 13.3. The normalized spacial score (nSPS) is 15.7. The van der Waals surface area contributed by atoms with Gasteiger partial charge in [-0.1, -0.05) is 35.0 Å². The van der Waals surface area contributed by atoms with Crippen LogP contribution in [-0.4, -0.2) is 31.5 Å². The molecule has 2 aromatic rings. The van der Waals surface area contributed by atoms with Crippen molar-refractivity contribution in [1.82, 2.24) is 4.31 Å². The van der Waals surface area contributed by atoms with Gasteiger partial charge in [-0.05, 0) is 35.9 Å². The summed E-state index contributed by atoms with van der Waals surface area (Å²) >= 11 is 5.83. The van der Waals surface area contributed by atoms with E-state index in [1.165, 1.54) is 22.5 Å². The van der Waals surface area contributed by atoms with Crippen molar-refractivity contribution < 1.29 is 17.6 Å². The molecule has 5 nitrogen and oxygen atoms in total. The van der Waals surface area contributed by atoms with Crippen LogP contribution in [0.15, 0.2) is 58.6 Å². The topological polar surface area (TPSA) is 59.0 Å². The highest BCUT2D eigenvalue weighted by atomic mass is 35.5. The Hall–Kier alpha value is -1.96. The van der Waals surface area contributed by atoms with Gasteiger partial charge in [-0.15, -0.1) is 0 Å². The van der Waals surface area contributed by atoms with Crippen LogP contribution in [0.3, 0.4) is 0 Å². The van der Waals surface area contributed by atoms with Crippen LogP contribution in [0.2, 0.25) is 5.02 Å². The Morgan fingerprint density at radius 3 is 2.46 bits per heavy atom. The molecule has 3 rings (SSSR count). The summed E-state index contributed by atoms with van der Waals surface area (Å²) in [6.45, 7) is 0.913. The van der Waals surface area contributed by atoms with Crippen molar-refractivity contribution in [3.63, 3.8) is 0 Å². The molecule has 1 fully saturated rings. The van der Waals surface area contributed by atoms with E-state index in [9.17, 15) is 12.8 Å². The molecule has 0 aromatic heterocycles. The molecule has 1 aliphatic rings. The summed E-state index contributed by atoms with van der Waals surface area (Å²) < 4.78 is 39.7. The number of hydrogen-bond acceptors (Lipinski definition) is 4. The van der Waals surface area contributed by atoms with Crippen LogP contribution in [0.5, 0.6) is 0 Å². The van der Waals surface area contributed by atoms with Gasteiger partial charge >= 0.3 is 0 Å². The number of oxime groups is 1. The minimum atomic E-state index is -3.69. The summed E-state index contributed by atoms with van der Waals surface area (Å²) in [7, 11) is -3.69. The number of rotatable bonds is 5. The maximum absolute atomic E-state index is 13.3. The maximum Gasteiger partial charge on any atom is 0.243 e. The van der Waals surface area contributed by atoms with E-state index < -0.39 is 15.8 Å². The van der Waals surface area contributed by atoms with Crippen LogP contribution in [-0.2, 0) is 21.5 Å². The van der Waals surface area contributed by atoms with Gasteiger partial charge in [-0.25, -0.2) is 12.8 Å². The molecule has 0 radical (unpaired) electrons. The summed E-state index contributed by atoms with van der Waals surface area (Å²) in [5, 5.41) is 4.77. The SMILES string of the molecule is O=S(=O)(c1cccc(F)c1)N1CCC(=NOCc2ccc(Cl)cc2)CC1. The molecule has 0 amide bonds. The summed E-state index contributed by atoms with van der Waals surface area (Å²) in [4.78, 5) is 5.32. The number of benzene rings is 2. The van der Waals surface area contributed by atoms with Crippen LogP contribution in [0, 0.1) is 5.82 Å². The molecular weight excluding hydrogens is 379 g/mol. The molecule has 1 heterocycles. The highest BCUT2D eigenvalue weighted by Crippen LogP contribution is 2.20. The van der Waals surface area contributed by atoms with Gasteiger partial charge in [0.2, 0.25) is 10.0 Å². The van der Waals surface area contributed by atoms with Gasteiger partial charge in [-0.2, -0.15) is 4.31 Å². The number of piperidine rings is 1. The zero-order valence-corrected chi connectivity index (χ0v) is 15.5. The second kappa shape index (κ2) is 8.16. The third-order valence-corrected chi connectivity index (χ3v) is 6.22. The molecule has 26 heavy (non-hydrogen) atoms. The Balaban J connectivity index is 1.56. The Kier molecular flexibility index (Phi) is 5.90. The fourth-order valence-corrected chi connectivity index (χ4v) is 4.23. The van der Waals surface area contributed by atoms with Crippen molar-refractivity contribution in [3.8, 4) is 0 Å². The predicted octanol–water partition coefficient (Wildman–Crippen LogP) is 3.84. The van der Waals surface area contributed by atoms with Crippen molar-refractivity contribution in [1.29, 1.82) is 0 Å². The lowest BCUT2D eigenvalue weighted by Gasteiger charge is -2.26. The van der Waals surface area contributed by atoms with Gasteiger partial charge in [-0.3, -0.25) is 0 Å². The lowest BCUT2D eigenvalue weighted by atomic mass is 10.1. The Morgan fingerprint density at radius 2 is 1.81 bits per heavy atom. The molecule has 1 aliphatic heterocycles. The fraction of sp³-hybridized carbons (Fsp3) is 0.278. The number of nitrogens with zero attached hydrogens (tertiary/aromatic N) is 2. The van der Waals surface area contributed by atoms with E-state index in [-0.39, 0.29) is 4.90 Å². The summed E-state index contributed by atoms with van der Waals surface area (Å²) in [5.74, 6) is -0.569. The van der Waals surface area contributed by atoms with Crippen molar-refractivity contribution >= 4 is 27.3 Å². The van der Waals surface area contributed by atoms with Crippen LogP contribution in [0.25, 0.3) is 0 Å². The molecule has 8 heteroatoms. The van der Waals surface area contributed by atoms with Crippen LogP contribution < -0.4 is 0 Å². The van der Waals surface area contributed by atoms with E-state index in [1.807, 2.05) is 12.1 Å². The monoisotopic (exact) mass is 396 g/mol. The first-order valence-corrected chi connectivity index (χ1v) is 9.95. The molecule has 0 saturated carbocycles. The van der Waals surface area contributed by atoms with Crippen molar-refractivity contribution in [3.05, 3.63) is 64.9 Å². The lowest BCUT2D eigenvalue weighted by Crippen LogP contribution is -2.38. The zero-order chi connectivity index (χ0) is 18.6. The van der Waals surface area contributed by atoms with Gasteiger partial charge in [0.1, 0.15) is 12.4 Å². The summed E-state index contributed by atoms with van der Waals surface area (Å²) in [6.07, 6.45) is 0.963. The van der Waals surface area contributed by atoms with Crippen LogP contribution in [0.1, 0.15) is 18.4 Å². The molecule has 0 atom stereocenters. The van der Waals surface area contributed by atoms with Gasteiger partial charge < -0.3 is 4.84 Å². The summed E-state index contributed by atoms with van der Waals surface area (Å²) in [6, 6.07) is 12.3. The molecule has 0 unspecified atom stereocenters. The molecular formula is C18H18ClFN2O3S. The lowest BCUT2D eigenvalue weighted by molar-refractivity contribution is 0.128. The smallest absolute Gasteiger partial charge is 0.243 e. The van der Waals surface area contributed by atoms with Gasteiger partial charge in [0.15, 0.2) is 0 Å². The van der Waals surface area contributed by atoms with Gasteiger partial charge in [0, 0.05) is 31.0 Å². The van der Waals surface area contributed by atoms with E-state index in [2.05, 4.69) is 5.16 Å². The molecule has 0 spiro atoms. The molecule has 0 aliphatic carbocycles. The number of sulfonamides is 1. The van der Waals surface area contributed by atoms with Crippen molar-refractivity contribution in [2.24, 2.45) is 5.16 Å². The molecule has 2 aromatic carbocycles. The minimum Gasteiger partial charge on any atom is -0.391 e. The van der Waals surface area contributed by atoms with Crippen molar-refractivity contribution in [2.75, 3.05) is 13.1 Å². The molecule has 1 saturated heterocycles.